The Morgan fingerprint density at radius 1 is 1.26 bits per heavy atom. The first-order valence-electron chi connectivity index (χ1n) is 6.84. The van der Waals surface area contributed by atoms with Crippen LogP contribution in [0.2, 0.25) is 10.3 Å². The van der Waals surface area contributed by atoms with Crippen molar-refractivity contribution in [3.63, 3.8) is 0 Å². The van der Waals surface area contributed by atoms with Crippen LogP contribution in [0.25, 0.3) is 0 Å². The number of hydrogen-bond donors (Lipinski definition) is 0. The zero-order valence-electron chi connectivity index (χ0n) is 11.0. The van der Waals surface area contributed by atoms with Crippen LogP contribution in [0.5, 0.6) is 0 Å². The van der Waals surface area contributed by atoms with Gasteiger partial charge in [-0.15, -0.1) is 0 Å². The molecular formula is C13H18Cl2N4. The van der Waals surface area contributed by atoms with Crippen molar-refractivity contribution in [1.29, 1.82) is 0 Å². The molecule has 1 aromatic rings. The van der Waals surface area contributed by atoms with E-state index in [4.69, 9.17) is 23.2 Å². The first-order chi connectivity index (χ1) is 9.15. The Kier molecular flexibility index (Phi) is 3.83. The maximum absolute atomic E-state index is 6.23. The molecule has 19 heavy (non-hydrogen) atoms. The third kappa shape index (κ3) is 2.67. The van der Waals surface area contributed by atoms with Gasteiger partial charge in [0.05, 0.1) is 6.20 Å². The quantitative estimate of drug-likeness (QED) is 0.747. The van der Waals surface area contributed by atoms with Gasteiger partial charge >= 0.3 is 0 Å². The van der Waals surface area contributed by atoms with Gasteiger partial charge in [0, 0.05) is 25.2 Å². The first-order valence-corrected chi connectivity index (χ1v) is 7.59. The highest BCUT2D eigenvalue weighted by Gasteiger charge is 2.34. The summed E-state index contributed by atoms with van der Waals surface area (Å²) in [5.74, 6) is 0.777. The van der Waals surface area contributed by atoms with Gasteiger partial charge in [-0.05, 0) is 37.9 Å². The van der Waals surface area contributed by atoms with Gasteiger partial charge in [-0.2, -0.15) is 4.98 Å². The molecule has 3 rings (SSSR count). The highest BCUT2D eigenvalue weighted by Crippen LogP contribution is 2.31. The van der Waals surface area contributed by atoms with Crippen LogP contribution in [-0.2, 0) is 0 Å². The van der Waals surface area contributed by atoms with Gasteiger partial charge in [0.25, 0.3) is 0 Å². The highest BCUT2D eigenvalue weighted by molar-refractivity contribution is 6.33. The van der Waals surface area contributed by atoms with Gasteiger partial charge < -0.3 is 4.90 Å². The Bertz CT molecular complexity index is 468. The number of piperazine rings is 1. The molecule has 2 aliphatic rings. The number of aromatic nitrogens is 2. The van der Waals surface area contributed by atoms with Crippen molar-refractivity contribution in [1.82, 2.24) is 14.9 Å². The van der Waals surface area contributed by atoms with E-state index in [1.165, 1.54) is 25.8 Å². The second kappa shape index (κ2) is 5.43. The normalized spacial score (nSPS) is 28.3. The van der Waals surface area contributed by atoms with Crippen LogP contribution >= 0.6 is 23.2 Å². The number of halogens is 2. The molecule has 0 aromatic carbocycles. The Morgan fingerprint density at radius 2 is 2.11 bits per heavy atom. The number of hydrogen-bond acceptors (Lipinski definition) is 4. The molecule has 2 saturated heterocycles. The average Bonchev–Trinajstić information content (AvgIpc) is 2.41. The molecule has 0 aliphatic carbocycles. The van der Waals surface area contributed by atoms with Gasteiger partial charge in [0.2, 0.25) is 5.28 Å². The second-order valence-electron chi connectivity index (χ2n) is 5.46. The molecule has 2 aliphatic heterocycles. The van der Waals surface area contributed by atoms with Crippen LogP contribution in [0.3, 0.4) is 0 Å². The van der Waals surface area contributed by atoms with Crippen LogP contribution in [0.4, 0.5) is 5.82 Å². The summed E-state index contributed by atoms with van der Waals surface area (Å²) in [5.41, 5.74) is 0. The predicted molar refractivity (Wildman–Crippen MR) is 78.1 cm³/mol. The van der Waals surface area contributed by atoms with Crippen molar-refractivity contribution in [2.75, 3.05) is 24.5 Å². The number of piperidine rings is 1. The molecule has 2 unspecified atom stereocenters. The van der Waals surface area contributed by atoms with Crippen LogP contribution < -0.4 is 4.90 Å². The SMILES string of the molecule is CC1CN2CCCCC2CN1c1nc(Cl)ncc1Cl. The molecule has 4 nitrogen and oxygen atoms in total. The summed E-state index contributed by atoms with van der Waals surface area (Å²) >= 11 is 12.1. The fraction of sp³-hybridized carbons (Fsp3) is 0.692. The van der Waals surface area contributed by atoms with Crippen LogP contribution in [-0.4, -0.2) is 46.6 Å². The van der Waals surface area contributed by atoms with Crippen molar-refractivity contribution in [3.8, 4) is 0 Å². The average molecular weight is 301 g/mol. The molecule has 0 N–H and O–H groups in total. The fourth-order valence-electron chi connectivity index (χ4n) is 3.19. The zero-order chi connectivity index (χ0) is 13.4. The highest BCUT2D eigenvalue weighted by atomic mass is 35.5. The van der Waals surface area contributed by atoms with Gasteiger partial charge in [0.15, 0.2) is 5.82 Å². The fourth-order valence-corrected chi connectivity index (χ4v) is 3.51. The number of nitrogens with zero attached hydrogens (tertiary/aromatic N) is 4. The Balaban J connectivity index is 1.85. The van der Waals surface area contributed by atoms with E-state index in [0.717, 1.165) is 18.9 Å². The zero-order valence-corrected chi connectivity index (χ0v) is 12.5. The number of anilines is 1. The maximum Gasteiger partial charge on any atom is 0.224 e. The molecule has 0 bridgehead atoms. The molecule has 104 valence electrons. The van der Waals surface area contributed by atoms with E-state index >= 15 is 0 Å². The van der Waals surface area contributed by atoms with Gasteiger partial charge in [-0.3, -0.25) is 4.90 Å². The summed E-state index contributed by atoms with van der Waals surface area (Å²) in [6.45, 7) is 5.50. The van der Waals surface area contributed by atoms with E-state index in [-0.39, 0.29) is 5.28 Å². The molecule has 0 radical (unpaired) electrons. The van der Waals surface area contributed by atoms with Gasteiger partial charge in [0.1, 0.15) is 5.02 Å². The van der Waals surface area contributed by atoms with Crippen LogP contribution in [0.15, 0.2) is 6.20 Å². The summed E-state index contributed by atoms with van der Waals surface area (Å²) in [5, 5.41) is 0.846. The van der Waals surface area contributed by atoms with Crippen molar-refractivity contribution < 1.29 is 0 Å². The van der Waals surface area contributed by atoms with E-state index in [2.05, 4.69) is 26.7 Å². The smallest absolute Gasteiger partial charge is 0.224 e. The first kappa shape index (κ1) is 13.4. The monoisotopic (exact) mass is 300 g/mol. The van der Waals surface area contributed by atoms with Crippen molar-refractivity contribution in [2.24, 2.45) is 0 Å². The number of rotatable bonds is 1. The third-order valence-electron chi connectivity index (χ3n) is 4.16. The standard InChI is InChI=1S/C13H18Cl2N4/c1-9-7-18-5-3-2-4-10(18)8-19(9)12-11(14)6-16-13(15)17-12/h6,9-10H,2-5,7-8H2,1H3. The van der Waals surface area contributed by atoms with E-state index < -0.39 is 0 Å². The summed E-state index contributed by atoms with van der Waals surface area (Å²) < 4.78 is 0. The Morgan fingerprint density at radius 3 is 2.95 bits per heavy atom. The Hall–Kier alpha value is -0.580. The molecule has 2 atom stereocenters. The third-order valence-corrected chi connectivity index (χ3v) is 4.60. The molecule has 3 heterocycles. The molecular weight excluding hydrogens is 283 g/mol. The van der Waals surface area contributed by atoms with Gasteiger partial charge in [-0.1, -0.05) is 18.0 Å². The minimum Gasteiger partial charge on any atom is -0.350 e. The molecule has 0 spiro atoms. The van der Waals surface area contributed by atoms with E-state index in [0.29, 0.717) is 17.1 Å². The Labute approximate surface area is 123 Å². The van der Waals surface area contributed by atoms with Crippen LogP contribution in [0.1, 0.15) is 26.2 Å². The molecule has 0 amide bonds. The topological polar surface area (TPSA) is 32.3 Å². The van der Waals surface area contributed by atoms with Crippen LogP contribution in [0, 0.1) is 0 Å². The molecule has 1 aromatic heterocycles. The minimum absolute atomic E-state index is 0.262. The summed E-state index contributed by atoms with van der Waals surface area (Å²) in [6, 6.07) is 1.02. The predicted octanol–water partition coefficient (Wildman–Crippen LogP) is 2.85. The van der Waals surface area contributed by atoms with Crippen molar-refractivity contribution in [3.05, 3.63) is 16.5 Å². The van der Waals surface area contributed by atoms with E-state index in [1.54, 1.807) is 6.20 Å². The lowest BCUT2D eigenvalue weighted by atomic mass is 9.97. The molecule has 2 fully saturated rings. The largest absolute Gasteiger partial charge is 0.350 e. The second-order valence-corrected chi connectivity index (χ2v) is 6.20. The number of fused-ring (bicyclic) bond motifs is 1. The summed E-state index contributed by atoms with van der Waals surface area (Å²) in [7, 11) is 0. The van der Waals surface area contributed by atoms with Crippen molar-refractivity contribution >= 4 is 29.0 Å². The van der Waals surface area contributed by atoms with E-state index in [9.17, 15) is 0 Å². The summed E-state index contributed by atoms with van der Waals surface area (Å²) in [4.78, 5) is 13.1. The summed E-state index contributed by atoms with van der Waals surface area (Å²) in [6.07, 6.45) is 5.50. The van der Waals surface area contributed by atoms with E-state index in [1.807, 2.05) is 0 Å². The molecule has 6 heteroatoms. The minimum atomic E-state index is 0.262. The lowest BCUT2D eigenvalue weighted by molar-refractivity contribution is 0.115. The van der Waals surface area contributed by atoms with Crippen molar-refractivity contribution in [2.45, 2.75) is 38.3 Å². The molecule has 0 saturated carbocycles. The van der Waals surface area contributed by atoms with Gasteiger partial charge in [-0.25, -0.2) is 4.98 Å². The maximum atomic E-state index is 6.23. The lowest BCUT2D eigenvalue weighted by Gasteiger charge is -2.48. The lowest BCUT2D eigenvalue weighted by Crippen LogP contribution is -2.59.